The summed E-state index contributed by atoms with van der Waals surface area (Å²) in [5, 5.41) is 10.5. The molecule has 25 heavy (non-hydrogen) atoms. The standard InChI is InChI=1S/C20H24FN2O2/c1-3-6-20-22(2)18-7-4-5-8-19(18)23(20)13-16(24)14-25-17-11-9-15(21)10-12-17/h4-5,7-12,16,24H,3,6,13-14H2,1-2H3/q+1/t16-/m1/s1. The Morgan fingerprint density at radius 1 is 1.16 bits per heavy atom. The molecule has 5 heteroatoms. The van der Waals surface area contributed by atoms with Crippen LogP contribution in [0, 0.1) is 5.82 Å². The molecule has 1 atom stereocenters. The molecule has 0 spiro atoms. The molecule has 132 valence electrons. The molecule has 1 heterocycles. The van der Waals surface area contributed by atoms with E-state index in [9.17, 15) is 9.50 Å². The highest BCUT2D eigenvalue weighted by atomic mass is 19.1. The summed E-state index contributed by atoms with van der Waals surface area (Å²) in [7, 11) is 2.06. The summed E-state index contributed by atoms with van der Waals surface area (Å²) >= 11 is 0. The quantitative estimate of drug-likeness (QED) is 0.670. The third-order valence-corrected chi connectivity index (χ3v) is 4.36. The highest BCUT2D eigenvalue weighted by Gasteiger charge is 2.23. The number of aryl methyl sites for hydroxylation is 1. The molecule has 3 aromatic rings. The number of aromatic nitrogens is 2. The van der Waals surface area contributed by atoms with Crippen molar-refractivity contribution in [2.45, 2.75) is 32.4 Å². The van der Waals surface area contributed by atoms with E-state index in [-0.39, 0.29) is 12.4 Å². The van der Waals surface area contributed by atoms with Gasteiger partial charge in [0.15, 0.2) is 11.0 Å². The van der Waals surface area contributed by atoms with Crippen LogP contribution in [0.15, 0.2) is 48.5 Å². The number of fused-ring (bicyclic) bond motifs is 1. The predicted octanol–water partition coefficient (Wildman–Crippen LogP) is 3.00. The molecular formula is C20H24FN2O2+. The molecule has 0 saturated heterocycles. The number of aliphatic hydroxyl groups excluding tert-OH is 1. The van der Waals surface area contributed by atoms with Crippen molar-refractivity contribution >= 4 is 11.0 Å². The largest absolute Gasteiger partial charge is 0.491 e. The molecule has 0 amide bonds. The lowest BCUT2D eigenvalue weighted by molar-refractivity contribution is -0.654. The van der Waals surface area contributed by atoms with Gasteiger partial charge in [0.2, 0.25) is 0 Å². The molecule has 4 nitrogen and oxygen atoms in total. The van der Waals surface area contributed by atoms with Crippen LogP contribution >= 0.6 is 0 Å². The monoisotopic (exact) mass is 343 g/mol. The zero-order chi connectivity index (χ0) is 17.8. The van der Waals surface area contributed by atoms with Crippen LogP contribution in [-0.2, 0) is 20.0 Å². The molecule has 0 aliphatic carbocycles. The highest BCUT2D eigenvalue weighted by Crippen LogP contribution is 2.17. The topological polar surface area (TPSA) is 38.3 Å². The smallest absolute Gasteiger partial charge is 0.257 e. The van der Waals surface area contributed by atoms with Crippen LogP contribution in [0.3, 0.4) is 0 Å². The van der Waals surface area contributed by atoms with Crippen molar-refractivity contribution in [3.8, 4) is 5.75 Å². The highest BCUT2D eigenvalue weighted by molar-refractivity contribution is 5.72. The van der Waals surface area contributed by atoms with Gasteiger partial charge >= 0.3 is 0 Å². The van der Waals surface area contributed by atoms with Gasteiger partial charge in [0.05, 0.1) is 7.05 Å². The average molecular weight is 343 g/mol. The van der Waals surface area contributed by atoms with Crippen molar-refractivity contribution in [2.24, 2.45) is 7.05 Å². The van der Waals surface area contributed by atoms with Crippen LogP contribution in [-0.4, -0.2) is 22.4 Å². The van der Waals surface area contributed by atoms with Gasteiger partial charge in [0.1, 0.15) is 30.8 Å². The molecule has 3 rings (SSSR count). The third kappa shape index (κ3) is 3.82. The maximum Gasteiger partial charge on any atom is 0.257 e. The van der Waals surface area contributed by atoms with E-state index in [0.717, 1.165) is 23.9 Å². The van der Waals surface area contributed by atoms with Gasteiger partial charge in [-0.15, -0.1) is 0 Å². The number of benzene rings is 2. The van der Waals surface area contributed by atoms with Crippen molar-refractivity contribution in [3.63, 3.8) is 0 Å². The van der Waals surface area contributed by atoms with Gasteiger partial charge in [-0.05, 0) is 42.8 Å². The maximum atomic E-state index is 12.9. The number of aliphatic hydroxyl groups is 1. The Balaban J connectivity index is 1.77. The van der Waals surface area contributed by atoms with E-state index in [4.69, 9.17) is 4.74 Å². The Bertz CT molecular complexity index is 843. The first-order valence-corrected chi connectivity index (χ1v) is 8.62. The summed E-state index contributed by atoms with van der Waals surface area (Å²) in [6, 6.07) is 14.0. The van der Waals surface area contributed by atoms with Crippen LogP contribution in [0.4, 0.5) is 4.39 Å². The molecule has 0 aliphatic heterocycles. The molecule has 0 fully saturated rings. The molecule has 0 unspecified atom stereocenters. The molecule has 0 radical (unpaired) electrons. The Morgan fingerprint density at radius 3 is 2.60 bits per heavy atom. The normalized spacial score (nSPS) is 12.5. The van der Waals surface area contributed by atoms with E-state index < -0.39 is 6.10 Å². The first kappa shape index (κ1) is 17.4. The van der Waals surface area contributed by atoms with Crippen molar-refractivity contribution in [1.82, 2.24) is 4.57 Å². The number of nitrogens with zero attached hydrogens (tertiary/aromatic N) is 2. The molecule has 0 bridgehead atoms. The molecule has 1 aromatic heterocycles. The fourth-order valence-electron chi connectivity index (χ4n) is 3.15. The zero-order valence-corrected chi connectivity index (χ0v) is 14.7. The molecule has 0 aliphatic rings. The summed E-state index contributed by atoms with van der Waals surface area (Å²) < 4.78 is 22.9. The lowest BCUT2D eigenvalue weighted by Gasteiger charge is -2.12. The second-order valence-electron chi connectivity index (χ2n) is 6.24. The summed E-state index contributed by atoms with van der Waals surface area (Å²) in [5.41, 5.74) is 2.26. The van der Waals surface area contributed by atoms with E-state index in [1.165, 1.54) is 18.0 Å². The third-order valence-electron chi connectivity index (χ3n) is 4.36. The fourth-order valence-corrected chi connectivity index (χ4v) is 3.15. The van der Waals surface area contributed by atoms with Crippen LogP contribution in [0.1, 0.15) is 19.2 Å². The number of ether oxygens (including phenoxy) is 1. The second-order valence-corrected chi connectivity index (χ2v) is 6.24. The minimum Gasteiger partial charge on any atom is -0.491 e. The number of imidazole rings is 1. The van der Waals surface area contributed by atoms with Gasteiger partial charge in [-0.25, -0.2) is 13.5 Å². The lowest BCUT2D eigenvalue weighted by Crippen LogP contribution is -2.34. The van der Waals surface area contributed by atoms with E-state index in [1.54, 1.807) is 12.1 Å². The zero-order valence-electron chi connectivity index (χ0n) is 14.7. The number of hydrogen-bond donors (Lipinski definition) is 1. The molecular weight excluding hydrogens is 319 g/mol. The predicted molar refractivity (Wildman–Crippen MR) is 95.0 cm³/mol. The average Bonchev–Trinajstić information content (AvgIpc) is 2.88. The van der Waals surface area contributed by atoms with Crippen LogP contribution in [0.5, 0.6) is 5.75 Å². The first-order valence-electron chi connectivity index (χ1n) is 8.62. The summed E-state index contributed by atoms with van der Waals surface area (Å²) in [6.45, 7) is 2.77. The van der Waals surface area contributed by atoms with Crippen LogP contribution < -0.4 is 9.30 Å². The van der Waals surface area contributed by atoms with Crippen molar-refractivity contribution in [3.05, 3.63) is 60.2 Å². The lowest BCUT2D eigenvalue weighted by atomic mass is 10.3. The molecule has 0 saturated carbocycles. The van der Waals surface area contributed by atoms with E-state index in [2.05, 4.69) is 35.2 Å². The van der Waals surface area contributed by atoms with E-state index in [1.807, 2.05) is 12.1 Å². The summed E-state index contributed by atoms with van der Waals surface area (Å²) in [4.78, 5) is 0. The molecule has 2 aromatic carbocycles. The number of para-hydroxylation sites is 2. The van der Waals surface area contributed by atoms with E-state index >= 15 is 0 Å². The number of hydrogen-bond acceptors (Lipinski definition) is 2. The fraction of sp³-hybridized carbons (Fsp3) is 0.350. The Labute approximate surface area is 147 Å². The summed E-state index contributed by atoms with van der Waals surface area (Å²) in [5.74, 6) is 1.44. The maximum absolute atomic E-state index is 12.9. The van der Waals surface area contributed by atoms with Gasteiger partial charge in [0.25, 0.3) is 5.82 Å². The Hall–Kier alpha value is -2.40. The molecule has 1 N–H and O–H groups in total. The second kappa shape index (κ2) is 7.66. The van der Waals surface area contributed by atoms with Crippen LogP contribution in [0.25, 0.3) is 11.0 Å². The minimum absolute atomic E-state index is 0.160. The number of rotatable bonds is 7. The first-order chi connectivity index (χ1) is 12.1. The Kier molecular flexibility index (Phi) is 5.34. The van der Waals surface area contributed by atoms with Crippen molar-refractivity contribution in [1.29, 1.82) is 0 Å². The van der Waals surface area contributed by atoms with Gasteiger partial charge < -0.3 is 9.84 Å². The van der Waals surface area contributed by atoms with Gasteiger partial charge in [-0.1, -0.05) is 19.1 Å². The van der Waals surface area contributed by atoms with Crippen molar-refractivity contribution < 1.29 is 18.8 Å². The number of halogens is 1. The van der Waals surface area contributed by atoms with Gasteiger partial charge in [-0.2, -0.15) is 0 Å². The SMILES string of the molecule is CCCc1n(C[C@@H](O)COc2ccc(F)cc2)c2ccccc2[n+]1C. The van der Waals surface area contributed by atoms with Gasteiger partial charge in [0, 0.05) is 6.42 Å². The van der Waals surface area contributed by atoms with Gasteiger partial charge in [-0.3, -0.25) is 0 Å². The van der Waals surface area contributed by atoms with Crippen LogP contribution in [0.2, 0.25) is 0 Å². The summed E-state index contributed by atoms with van der Waals surface area (Å²) in [6.07, 6.45) is 1.32. The van der Waals surface area contributed by atoms with Crippen molar-refractivity contribution in [2.75, 3.05) is 6.61 Å². The minimum atomic E-state index is -0.656. The van der Waals surface area contributed by atoms with E-state index in [0.29, 0.717) is 12.3 Å². The Morgan fingerprint density at radius 2 is 1.88 bits per heavy atom.